The normalized spacial score (nSPS) is 9.90. The van der Waals surface area contributed by atoms with Crippen LogP contribution in [0.15, 0.2) is 12.1 Å². The van der Waals surface area contributed by atoms with Gasteiger partial charge in [0.2, 0.25) is 5.75 Å². The highest BCUT2D eigenvalue weighted by Crippen LogP contribution is 2.38. The fraction of sp³-hybridized carbons (Fsp3) is 0.600. The minimum absolute atomic E-state index is 0. The molecule has 1 aromatic rings. The van der Waals surface area contributed by atoms with E-state index in [1.165, 1.54) is 0 Å². The van der Waals surface area contributed by atoms with Crippen LogP contribution in [0.25, 0.3) is 0 Å². The van der Waals surface area contributed by atoms with Gasteiger partial charge in [-0.2, -0.15) is 0 Å². The van der Waals surface area contributed by atoms with Gasteiger partial charge in [0.15, 0.2) is 11.5 Å². The molecule has 0 fully saturated rings. The van der Waals surface area contributed by atoms with Gasteiger partial charge in [0.1, 0.15) is 0 Å². The molecule has 6 heteroatoms. The summed E-state index contributed by atoms with van der Waals surface area (Å²) in [4.78, 5) is 0. The second-order valence-electron chi connectivity index (χ2n) is 4.49. The van der Waals surface area contributed by atoms with Crippen molar-refractivity contribution in [3.05, 3.63) is 17.7 Å². The number of halogens is 1. The van der Waals surface area contributed by atoms with E-state index in [1.54, 1.807) is 21.3 Å². The first-order valence-corrected chi connectivity index (χ1v) is 6.87. The maximum absolute atomic E-state index is 8.71. The predicted molar refractivity (Wildman–Crippen MR) is 86.0 cm³/mol. The van der Waals surface area contributed by atoms with Crippen LogP contribution in [-0.2, 0) is 6.54 Å². The Labute approximate surface area is 133 Å². The Hall–Kier alpha value is -1.17. The minimum Gasteiger partial charge on any atom is -0.493 e. The molecule has 0 saturated heterocycles. The third-order valence-corrected chi connectivity index (χ3v) is 3.07. The SMILES string of the molecule is COc1cc(CNCCCCCO)cc(OC)c1OC.Cl. The molecule has 0 aliphatic heterocycles. The van der Waals surface area contributed by atoms with Gasteiger partial charge in [0.05, 0.1) is 21.3 Å². The lowest BCUT2D eigenvalue weighted by Gasteiger charge is -2.14. The van der Waals surface area contributed by atoms with Crippen LogP contribution in [-0.4, -0.2) is 39.6 Å². The summed E-state index contributed by atoms with van der Waals surface area (Å²) in [6.45, 7) is 1.94. The molecule has 0 unspecified atom stereocenters. The van der Waals surface area contributed by atoms with Gasteiger partial charge in [0, 0.05) is 13.2 Å². The van der Waals surface area contributed by atoms with Gasteiger partial charge in [0.25, 0.3) is 0 Å². The molecule has 122 valence electrons. The van der Waals surface area contributed by atoms with Crippen molar-refractivity contribution < 1.29 is 19.3 Å². The number of nitrogens with one attached hydrogen (secondary N) is 1. The van der Waals surface area contributed by atoms with Crippen LogP contribution in [0.5, 0.6) is 17.2 Å². The molecular weight excluding hydrogens is 294 g/mol. The quantitative estimate of drug-likeness (QED) is 0.648. The van der Waals surface area contributed by atoms with Gasteiger partial charge < -0.3 is 24.6 Å². The van der Waals surface area contributed by atoms with Gasteiger partial charge in [-0.15, -0.1) is 12.4 Å². The zero-order valence-electron chi connectivity index (χ0n) is 13.0. The Morgan fingerprint density at radius 1 is 0.952 bits per heavy atom. The topological polar surface area (TPSA) is 60.0 Å². The van der Waals surface area contributed by atoms with Crippen LogP contribution in [0.4, 0.5) is 0 Å². The Balaban J connectivity index is 0.00000400. The highest BCUT2D eigenvalue weighted by atomic mass is 35.5. The minimum atomic E-state index is 0. The largest absolute Gasteiger partial charge is 0.493 e. The second kappa shape index (κ2) is 11.5. The Kier molecular flexibility index (Phi) is 10.8. The molecule has 0 spiro atoms. The van der Waals surface area contributed by atoms with Crippen molar-refractivity contribution in [2.24, 2.45) is 0 Å². The van der Waals surface area contributed by atoms with Gasteiger partial charge in [-0.1, -0.05) is 0 Å². The summed E-state index contributed by atoms with van der Waals surface area (Å²) in [6.07, 6.45) is 2.97. The number of hydrogen-bond acceptors (Lipinski definition) is 5. The first-order chi connectivity index (χ1) is 9.76. The average Bonchev–Trinajstić information content (AvgIpc) is 2.49. The van der Waals surface area contributed by atoms with E-state index in [4.69, 9.17) is 19.3 Å². The summed E-state index contributed by atoms with van der Waals surface area (Å²) < 4.78 is 15.9. The summed E-state index contributed by atoms with van der Waals surface area (Å²) in [6, 6.07) is 3.89. The van der Waals surface area contributed by atoms with Crippen molar-refractivity contribution in [3.8, 4) is 17.2 Å². The van der Waals surface area contributed by atoms with E-state index in [0.717, 1.165) is 37.9 Å². The zero-order valence-corrected chi connectivity index (χ0v) is 13.8. The average molecular weight is 320 g/mol. The molecule has 0 aliphatic carbocycles. The second-order valence-corrected chi connectivity index (χ2v) is 4.49. The van der Waals surface area contributed by atoms with E-state index >= 15 is 0 Å². The van der Waals surface area contributed by atoms with Gasteiger partial charge >= 0.3 is 0 Å². The van der Waals surface area contributed by atoms with E-state index in [0.29, 0.717) is 17.2 Å². The molecule has 0 amide bonds. The molecule has 1 rings (SSSR count). The lowest BCUT2D eigenvalue weighted by molar-refractivity contribution is 0.283. The number of ether oxygens (including phenoxy) is 3. The van der Waals surface area contributed by atoms with Crippen molar-refractivity contribution in [2.75, 3.05) is 34.5 Å². The van der Waals surface area contributed by atoms with E-state index in [2.05, 4.69) is 5.32 Å². The molecule has 0 radical (unpaired) electrons. The summed E-state index contributed by atoms with van der Waals surface area (Å²) in [5.74, 6) is 1.95. The summed E-state index contributed by atoms with van der Waals surface area (Å²) in [7, 11) is 4.83. The predicted octanol–water partition coefficient (Wildman–Crippen LogP) is 2.39. The molecule has 1 aromatic carbocycles. The monoisotopic (exact) mass is 319 g/mol. The van der Waals surface area contributed by atoms with Gasteiger partial charge in [-0.25, -0.2) is 0 Å². The van der Waals surface area contributed by atoms with Crippen LogP contribution in [0, 0.1) is 0 Å². The maximum atomic E-state index is 8.71. The Morgan fingerprint density at radius 2 is 1.57 bits per heavy atom. The molecule has 0 heterocycles. The first-order valence-electron chi connectivity index (χ1n) is 6.87. The van der Waals surface area contributed by atoms with Crippen molar-refractivity contribution in [2.45, 2.75) is 25.8 Å². The van der Waals surface area contributed by atoms with Gasteiger partial charge in [-0.3, -0.25) is 0 Å². The van der Waals surface area contributed by atoms with Crippen molar-refractivity contribution in [1.82, 2.24) is 5.32 Å². The fourth-order valence-electron chi connectivity index (χ4n) is 2.01. The third kappa shape index (κ3) is 6.42. The van der Waals surface area contributed by atoms with Crippen LogP contribution < -0.4 is 19.5 Å². The van der Waals surface area contributed by atoms with Crippen molar-refractivity contribution in [3.63, 3.8) is 0 Å². The van der Waals surface area contributed by atoms with Crippen LogP contribution in [0.1, 0.15) is 24.8 Å². The third-order valence-electron chi connectivity index (χ3n) is 3.07. The molecule has 0 bridgehead atoms. The number of benzene rings is 1. The lowest BCUT2D eigenvalue weighted by Crippen LogP contribution is -2.15. The number of rotatable bonds is 10. The highest BCUT2D eigenvalue weighted by molar-refractivity contribution is 5.85. The van der Waals surface area contributed by atoms with Crippen LogP contribution >= 0.6 is 12.4 Å². The number of aliphatic hydroxyl groups excluding tert-OH is 1. The number of unbranched alkanes of at least 4 members (excludes halogenated alkanes) is 2. The Morgan fingerprint density at radius 3 is 2.05 bits per heavy atom. The molecular formula is C15H26ClNO4. The summed E-state index contributed by atoms with van der Waals surface area (Å²) in [5.41, 5.74) is 1.08. The smallest absolute Gasteiger partial charge is 0.203 e. The zero-order chi connectivity index (χ0) is 14.8. The molecule has 0 atom stereocenters. The molecule has 21 heavy (non-hydrogen) atoms. The number of methoxy groups -OCH3 is 3. The first kappa shape index (κ1) is 19.8. The fourth-order valence-corrected chi connectivity index (χ4v) is 2.01. The summed E-state index contributed by atoms with van der Waals surface area (Å²) >= 11 is 0. The van der Waals surface area contributed by atoms with E-state index in [9.17, 15) is 0 Å². The standard InChI is InChI=1S/C15H25NO4.ClH/c1-18-13-9-12(10-14(19-2)15(13)20-3)11-16-7-5-4-6-8-17;/h9-10,16-17H,4-8,11H2,1-3H3;1H. The number of hydrogen-bond donors (Lipinski definition) is 2. The van der Waals surface area contributed by atoms with Crippen molar-refractivity contribution >= 4 is 12.4 Å². The van der Waals surface area contributed by atoms with Gasteiger partial charge in [-0.05, 0) is 43.5 Å². The highest BCUT2D eigenvalue weighted by Gasteiger charge is 2.12. The number of aliphatic hydroxyl groups is 1. The molecule has 5 nitrogen and oxygen atoms in total. The van der Waals surface area contributed by atoms with E-state index < -0.39 is 0 Å². The molecule has 0 aliphatic rings. The lowest BCUT2D eigenvalue weighted by atomic mass is 10.1. The summed E-state index contributed by atoms with van der Waals surface area (Å²) in [5, 5.41) is 12.1. The van der Waals surface area contributed by atoms with E-state index in [-0.39, 0.29) is 19.0 Å². The molecule has 0 saturated carbocycles. The molecule has 0 aromatic heterocycles. The maximum Gasteiger partial charge on any atom is 0.203 e. The Bertz CT molecular complexity index is 376. The molecule has 2 N–H and O–H groups in total. The van der Waals surface area contributed by atoms with Crippen LogP contribution in [0.2, 0.25) is 0 Å². The van der Waals surface area contributed by atoms with E-state index in [1.807, 2.05) is 12.1 Å². The van der Waals surface area contributed by atoms with Crippen molar-refractivity contribution in [1.29, 1.82) is 0 Å². The van der Waals surface area contributed by atoms with Crippen LogP contribution in [0.3, 0.4) is 0 Å².